The Labute approximate surface area is 132 Å². The smallest absolute Gasteiger partial charge is 0.228 e. The third-order valence-corrected chi connectivity index (χ3v) is 4.22. The first-order chi connectivity index (χ1) is 9.60. The summed E-state index contributed by atoms with van der Waals surface area (Å²) in [4.78, 5) is 13.2. The van der Waals surface area contributed by atoms with Gasteiger partial charge in [0.25, 0.3) is 0 Å². The van der Waals surface area contributed by atoms with Gasteiger partial charge < -0.3 is 5.32 Å². The highest BCUT2D eigenvalue weighted by molar-refractivity contribution is 7.98. The SMILES string of the molecule is CSc1ccc(NC(=O)Cc2c(Cl)cccc2Cl)cc1. The number of amides is 1. The minimum Gasteiger partial charge on any atom is -0.326 e. The number of rotatable bonds is 4. The normalized spacial score (nSPS) is 10.3. The number of anilines is 1. The number of halogens is 2. The monoisotopic (exact) mass is 325 g/mol. The minimum atomic E-state index is -0.142. The Kier molecular flexibility index (Phi) is 5.35. The fourth-order valence-electron chi connectivity index (χ4n) is 1.74. The van der Waals surface area contributed by atoms with E-state index in [2.05, 4.69) is 5.32 Å². The molecule has 2 aromatic carbocycles. The highest BCUT2D eigenvalue weighted by Crippen LogP contribution is 2.25. The van der Waals surface area contributed by atoms with Gasteiger partial charge in [0.05, 0.1) is 6.42 Å². The van der Waals surface area contributed by atoms with Crippen molar-refractivity contribution in [2.75, 3.05) is 11.6 Å². The Balaban J connectivity index is 2.05. The molecule has 1 N–H and O–H groups in total. The Morgan fingerprint density at radius 3 is 2.25 bits per heavy atom. The van der Waals surface area contributed by atoms with Gasteiger partial charge in [-0.3, -0.25) is 4.79 Å². The van der Waals surface area contributed by atoms with Gasteiger partial charge in [0.2, 0.25) is 5.91 Å². The summed E-state index contributed by atoms with van der Waals surface area (Å²) in [5.74, 6) is -0.142. The zero-order valence-corrected chi connectivity index (χ0v) is 13.1. The molecule has 2 rings (SSSR count). The molecule has 2 nitrogen and oxygen atoms in total. The number of benzene rings is 2. The Bertz CT molecular complexity index is 594. The second kappa shape index (κ2) is 7.02. The molecule has 0 saturated carbocycles. The summed E-state index contributed by atoms with van der Waals surface area (Å²) in [7, 11) is 0. The van der Waals surface area contributed by atoms with E-state index in [0.29, 0.717) is 15.6 Å². The second-order valence-corrected chi connectivity index (χ2v) is 5.85. The number of carbonyl (C=O) groups excluding carboxylic acids is 1. The van der Waals surface area contributed by atoms with Crippen molar-refractivity contribution in [2.45, 2.75) is 11.3 Å². The third-order valence-electron chi connectivity index (χ3n) is 2.77. The predicted molar refractivity (Wildman–Crippen MR) is 87.0 cm³/mol. The molecule has 0 heterocycles. The first-order valence-corrected chi connectivity index (χ1v) is 7.95. The van der Waals surface area contributed by atoms with Crippen molar-refractivity contribution in [1.82, 2.24) is 0 Å². The van der Waals surface area contributed by atoms with E-state index >= 15 is 0 Å². The van der Waals surface area contributed by atoms with Crippen LogP contribution in [0.15, 0.2) is 47.4 Å². The summed E-state index contributed by atoms with van der Waals surface area (Å²) in [6.07, 6.45) is 2.16. The lowest BCUT2D eigenvalue weighted by Gasteiger charge is -2.08. The highest BCUT2D eigenvalue weighted by atomic mass is 35.5. The van der Waals surface area contributed by atoms with Gasteiger partial charge in [0, 0.05) is 20.6 Å². The van der Waals surface area contributed by atoms with Crippen LogP contribution in [0.25, 0.3) is 0 Å². The average molecular weight is 326 g/mol. The van der Waals surface area contributed by atoms with Crippen molar-refractivity contribution >= 4 is 46.6 Å². The molecule has 0 aliphatic carbocycles. The van der Waals surface area contributed by atoms with Crippen LogP contribution in [-0.2, 0) is 11.2 Å². The summed E-state index contributed by atoms with van der Waals surface area (Å²) < 4.78 is 0. The number of hydrogen-bond acceptors (Lipinski definition) is 2. The molecule has 0 aromatic heterocycles. The van der Waals surface area contributed by atoms with Crippen LogP contribution >= 0.6 is 35.0 Å². The molecule has 20 heavy (non-hydrogen) atoms. The van der Waals surface area contributed by atoms with Crippen LogP contribution in [0, 0.1) is 0 Å². The van der Waals surface area contributed by atoms with Gasteiger partial charge in [-0.2, -0.15) is 0 Å². The molecular weight excluding hydrogens is 313 g/mol. The lowest BCUT2D eigenvalue weighted by atomic mass is 10.1. The van der Waals surface area contributed by atoms with Crippen LogP contribution in [0.5, 0.6) is 0 Å². The average Bonchev–Trinajstić information content (AvgIpc) is 2.44. The van der Waals surface area contributed by atoms with Gasteiger partial charge >= 0.3 is 0 Å². The van der Waals surface area contributed by atoms with Gasteiger partial charge in [-0.05, 0) is 48.2 Å². The van der Waals surface area contributed by atoms with Crippen LogP contribution in [0.1, 0.15) is 5.56 Å². The molecule has 104 valence electrons. The van der Waals surface area contributed by atoms with Gasteiger partial charge in [-0.25, -0.2) is 0 Å². The van der Waals surface area contributed by atoms with Gasteiger partial charge in [0.1, 0.15) is 0 Å². The number of carbonyl (C=O) groups is 1. The van der Waals surface area contributed by atoms with Gasteiger partial charge in [-0.15, -0.1) is 11.8 Å². The van der Waals surface area contributed by atoms with E-state index < -0.39 is 0 Å². The Morgan fingerprint density at radius 2 is 1.70 bits per heavy atom. The fourth-order valence-corrected chi connectivity index (χ4v) is 2.68. The number of nitrogens with one attached hydrogen (secondary N) is 1. The van der Waals surface area contributed by atoms with E-state index in [0.717, 1.165) is 10.6 Å². The predicted octanol–water partition coefficient (Wildman–Crippen LogP) is 4.90. The minimum absolute atomic E-state index is 0.142. The molecule has 5 heteroatoms. The van der Waals surface area contributed by atoms with E-state index in [1.807, 2.05) is 30.5 Å². The molecule has 0 radical (unpaired) electrons. The van der Waals surface area contributed by atoms with E-state index in [1.165, 1.54) is 0 Å². The summed E-state index contributed by atoms with van der Waals surface area (Å²) in [5, 5.41) is 3.84. The quantitative estimate of drug-likeness (QED) is 0.810. The summed E-state index contributed by atoms with van der Waals surface area (Å²) >= 11 is 13.8. The van der Waals surface area contributed by atoms with Crippen molar-refractivity contribution in [2.24, 2.45) is 0 Å². The first-order valence-electron chi connectivity index (χ1n) is 5.97. The maximum Gasteiger partial charge on any atom is 0.228 e. The summed E-state index contributed by atoms with van der Waals surface area (Å²) in [6, 6.07) is 12.9. The van der Waals surface area contributed by atoms with Gasteiger partial charge in [-0.1, -0.05) is 29.3 Å². The third kappa shape index (κ3) is 3.92. The molecule has 0 atom stereocenters. The summed E-state index contributed by atoms with van der Waals surface area (Å²) in [5.41, 5.74) is 1.41. The molecular formula is C15H13Cl2NOS. The van der Waals surface area contributed by atoms with Crippen LogP contribution in [-0.4, -0.2) is 12.2 Å². The maximum atomic E-state index is 12.0. The molecule has 0 fully saturated rings. The fraction of sp³-hybridized carbons (Fsp3) is 0.133. The molecule has 0 bridgehead atoms. The lowest BCUT2D eigenvalue weighted by Crippen LogP contribution is -2.14. The van der Waals surface area contributed by atoms with Crippen LogP contribution < -0.4 is 5.32 Å². The molecule has 0 spiro atoms. The Hall–Kier alpha value is -1.16. The van der Waals surface area contributed by atoms with E-state index in [1.54, 1.807) is 30.0 Å². The topological polar surface area (TPSA) is 29.1 Å². The standard InChI is InChI=1S/C15H13Cl2NOS/c1-20-11-7-5-10(6-8-11)18-15(19)9-12-13(16)3-2-4-14(12)17/h2-8H,9H2,1H3,(H,18,19). The van der Waals surface area contributed by atoms with Crippen molar-refractivity contribution < 1.29 is 4.79 Å². The molecule has 0 aliphatic rings. The zero-order valence-electron chi connectivity index (χ0n) is 10.8. The first kappa shape index (κ1) is 15.2. The molecule has 2 aromatic rings. The van der Waals surface area contributed by atoms with Crippen molar-refractivity contribution in [3.63, 3.8) is 0 Å². The number of hydrogen-bond donors (Lipinski definition) is 1. The Morgan fingerprint density at radius 1 is 1.10 bits per heavy atom. The second-order valence-electron chi connectivity index (χ2n) is 4.15. The zero-order chi connectivity index (χ0) is 14.5. The highest BCUT2D eigenvalue weighted by Gasteiger charge is 2.10. The molecule has 0 aliphatic heterocycles. The van der Waals surface area contributed by atoms with Crippen molar-refractivity contribution in [3.8, 4) is 0 Å². The van der Waals surface area contributed by atoms with Crippen LogP contribution in [0.3, 0.4) is 0 Å². The van der Waals surface area contributed by atoms with Crippen LogP contribution in [0.4, 0.5) is 5.69 Å². The summed E-state index contributed by atoms with van der Waals surface area (Å²) in [6.45, 7) is 0. The van der Waals surface area contributed by atoms with Crippen molar-refractivity contribution in [3.05, 3.63) is 58.1 Å². The maximum absolute atomic E-state index is 12.0. The largest absolute Gasteiger partial charge is 0.326 e. The number of thioether (sulfide) groups is 1. The van der Waals surface area contributed by atoms with E-state index in [9.17, 15) is 4.79 Å². The van der Waals surface area contributed by atoms with Crippen molar-refractivity contribution in [1.29, 1.82) is 0 Å². The van der Waals surface area contributed by atoms with Crippen LogP contribution in [0.2, 0.25) is 10.0 Å². The molecule has 0 unspecified atom stereocenters. The van der Waals surface area contributed by atoms with E-state index in [4.69, 9.17) is 23.2 Å². The molecule has 1 amide bonds. The molecule has 0 saturated heterocycles. The van der Waals surface area contributed by atoms with Gasteiger partial charge in [0.15, 0.2) is 0 Å². The van der Waals surface area contributed by atoms with E-state index in [-0.39, 0.29) is 12.3 Å². The lowest BCUT2D eigenvalue weighted by molar-refractivity contribution is -0.115.